The first-order chi connectivity index (χ1) is 7.90. The lowest BCUT2D eigenvalue weighted by Gasteiger charge is -2.15. The van der Waals surface area contributed by atoms with Crippen LogP contribution in [0.4, 0.5) is 0 Å². The van der Waals surface area contributed by atoms with E-state index in [4.69, 9.17) is 11.6 Å². The average molecular weight is 253 g/mol. The van der Waals surface area contributed by atoms with Gasteiger partial charge in [0.15, 0.2) is 0 Å². The monoisotopic (exact) mass is 252 g/mol. The van der Waals surface area contributed by atoms with Crippen LogP contribution < -0.4 is 5.32 Å². The van der Waals surface area contributed by atoms with Crippen molar-refractivity contribution >= 4 is 22.9 Å². The minimum atomic E-state index is 0.187. The van der Waals surface area contributed by atoms with E-state index in [-0.39, 0.29) is 6.04 Å². The summed E-state index contributed by atoms with van der Waals surface area (Å²) in [5, 5.41) is 6.47. The van der Waals surface area contributed by atoms with Gasteiger partial charge in [-0.15, -0.1) is 22.9 Å². The fourth-order valence-corrected chi connectivity index (χ4v) is 2.35. The van der Waals surface area contributed by atoms with Gasteiger partial charge in [0.25, 0.3) is 0 Å². The topological polar surface area (TPSA) is 24.9 Å². The van der Waals surface area contributed by atoms with Crippen molar-refractivity contribution in [1.82, 2.24) is 10.3 Å². The summed E-state index contributed by atoms with van der Waals surface area (Å²) in [5.74, 6) is 0.565. The van der Waals surface area contributed by atoms with E-state index in [1.165, 1.54) is 5.56 Å². The van der Waals surface area contributed by atoms with Crippen LogP contribution in [0.25, 0.3) is 0 Å². The zero-order chi connectivity index (χ0) is 11.2. The number of hydrogen-bond acceptors (Lipinski definition) is 3. The van der Waals surface area contributed by atoms with Crippen molar-refractivity contribution < 1.29 is 0 Å². The van der Waals surface area contributed by atoms with Gasteiger partial charge in [-0.05, 0) is 5.56 Å². The predicted octanol–water partition coefficient (Wildman–Crippen LogP) is 3.21. The molecule has 0 aliphatic carbocycles. The molecule has 1 atom stereocenters. The molecule has 0 amide bonds. The summed E-state index contributed by atoms with van der Waals surface area (Å²) in [4.78, 5) is 4.23. The van der Waals surface area contributed by atoms with Crippen LogP contribution in [0.5, 0.6) is 0 Å². The number of nitrogens with zero attached hydrogens (tertiary/aromatic N) is 1. The third-order valence-corrected chi connectivity index (χ3v) is 3.43. The van der Waals surface area contributed by atoms with Gasteiger partial charge in [0.05, 0.1) is 0 Å². The highest BCUT2D eigenvalue weighted by atomic mass is 35.5. The molecule has 1 N–H and O–H groups in total. The van der Waals surface area contributed by atoms with Crippen LogP contribution in [-0.2, 0) is 6.54 Å². The lowest BCUT2D eigenvalue weighted by molar-refractivity contribution is 0.578. The first kappa shape index (κ1) is 11.6. The van der Waals surface area contributed by atoms with Gasteiger partial charge in [0.2, 0.25) is 0 Å². The molecule has 1 aromatic carbocycles. The van der Waals surface area contributed by atoms with Crippen molar-refractivity contribution in [3.63, 3.8) is 0 Å². The molecule has 0 radical (unpaired) electrons. The van der Waals surface area contributed by atoms with Gasteiger partial charge in [0.1, 0.15) is 5.01 Å². The fraction of sp³-hybridized carbons (Fsp3) is 0.250. The number of hydrogen-bond donors (Lipinski definition) is 1. The molecule has 0 bridgehead atoms. The van der Waals surface area contributed by atoms with Crippen molar-refractivity contribution in [1.29, 1.82) is 0 Å². The Bertz CT molecular complexity index is 402. The maximum Gasteiger partial charge on any atom is 0.106 e. The smallest absolute Gasteiger partial charge is 0.106 e. The van der Waals surface area contributed by atoms with Gasteiger partial charge in [-0.2, -0.15) is 0 Å². The normalized spacial score (nSPS) is 12.6. The van der Waals surface area contributed by atoms with Gasteiger partial charge in [-0.1, -0.05) is 30.3 Å². The number of nitrogens with one attached hydrogen (secondary N) is 1. The van der Waals surface area contributed by atoms with Crippen LogP contribution >= 0.6 is 22.9 Å². The van der Waals surface area contributed by atoms with Gasteiger partial charge < -0.3 is 5.32 Å². The van der Waals surface area contributed by atoms with E-state index in [1.54, 1.807) is 11.3 Å². The van der Waals surface area contributed by atoms with Crippen LogP contribution in [0, 0.1) is 0 Å². The minimum absolute atomic E-state index is 0.187. The summed E-state index contributed by atoms with van der Waals surface area (Å²) in [7, 11) is 0. The number of benzene rings is 1. The van der Waals surface area contributed by atoms with Gasteiger partial charge in [-0.25, -0.2) is 4.98 Å². The van der Waals surface area contributed by atoms with E-state index in [0.717, 1.165) is 11.6 Å². The van der Waals surface area contributed by atoms with Crippen molar-refractivity contribution in [2.75, 3.05) is 5.88 Å². The Labute approximate surface area is 104 Å². The molecule has 0 spiro atoms. The Morgan fingerprint density at radius 3 is 2.75 bits per heavy atom. The molecule has 0 aliphatic rings. The number of thiazole rings is 1. The highest BCUT2D eigenvalue weighted by Crippen LogP contribution is 2.15. The summed E-state index contributed by atoms with van der Waals surface area (Å²) < 4.78 is 0. The van der Waals surface area contributed by atoms with E-state index in [0.29, 0.717) is 5.88 Å². The second kappa shape index (κ2) is 5.99. The SMILES string of the molecule is ClCC(NCc1nccs1)c1ccccc1. The Kier molecular flexibility index (Phi) is 4.34. The zero-order valence-electron chi connectivity index (χ0n) is 8.77. The van der Waals surface area contributed by atoms with Gasteiger partial charge >= 0.3 is 0 Å². The van der Waals surface area contributed by atoms with Crippen molar-refractivity contribution in [2.45, 2.75) is 12.6 Å². The van der Waals surface area contributed by atoms with Gasteiger partial charge in [0, 0.05) is 30.0 Å². The molecule has 2 nitrogen and oxygen atoms in total. The predicted molar refractivity (Wildman–Crippen MR) is 68.9 cm³/mol. The van der Waals surface area contributed by atoms with Crippen LogP contribution in [0.2, 0.25) is 0 Å². The summed E-state index contributed by atoms with van der Waals surface area (Å²) >= 11 is 7.62. The average Bonchev–Trinajstić information content (AvgIpc) is 2.84. The lowest BCUT2D eigenvalue weighted by Crippen LogP contribution is -2.22. The number of aromatic nitrogens is 1. The second-order valence-electron chi connectivity index (χ2n) is 3.42. The largest absolute Gasteiger partial charge is 0.302 e. The molecule has 0 saturated heterocycles. The molecule has 4 heteroatoms. The second-order valence-corrected chi connectivity index (χ2v) is 4.71. The van der Waals surface area contributed by atoms with Gasteiger partial charge in [-0.3, -0.25) is 0 Å². The first-order valence-electron chi connectivity index (χ1n) is 5.13. The Morgan fingerprint density at radius 1 is 1.31 bits per heavy atom. The quantitative estimate of drug-likeness (QED) is 0.827. The molecular formula is C12H13ClN2S. The molecule has 0 saturated carbocycles. The Hall–Kier alpha value is -0.900. The van der Waals surface area contributed by atoms with Crippen molar-refractivity contribution in [2.24, 2.45) is 0 Å². The molecule has 0 fully saturated rings. The van der Waals surface area contributed by atoms with Crippen LogP contribution in [0.15, 0.2) is 41.9 Å². The van der Waals surface area contributed by atoms with Crippen LogP contribution in [-0.4, -0.2) is 10.9 Å². The van der Waals surface area contributed by atoms with E-state index >= 15 is 0 Å². The summed E-state index contributed by atoms with van der Waals surface area (Å²) in [6.07, 6.45) is 1.82. The maximum absolute atomic E-state index is 5.96. The third kappa shape index (κ3) is 3.04. The zero-order valence-corrected chi connectivity index (χ0v) is 10.3. The highest BCUT2D eigenvalue weighted by molar-refractivity contribution is 7.09. The first-order valence-corrected chi connectivity index (χ1v) is 6.54. The molecule has 1 unspecified atom stereocenters. The molecular weight excluding hydrogens is 240 g/mol. The Balaban J connectivity index is 1.96. The van der Waals surface area contributed by atoms with Crippen LogP contribution in [0.3, 0.4) is 0 Å². The van der Waals surface area contributed by atoms with E-state index in [2.05, 4.69) is 22.4 Å². The van der Waals surface area contributed by atoms with Crippen LogP contribution in [0.1, 0.15) is 16.6 Å². The standard InChI is InChI=1S/C12H13ClN2S/c13-8-11(10-4-2-1-3-5-10)15-9-12-14-6-7-16-12/h1-7,11,15H,8-9H2. The molecule has 2 rings (SSSR count). The number of halogens is 1. The summed E-state index contributed by atoms with van der Waals surface area (Å²) in [6, 6.07) is 10.4. The molecule has 1 aromatic heterocycles. The Morgan fingerprint density at radius 2 is 2.12 bits per heavy atom. The highest BCUT2D eigenvalue weighted by Gasteiger charge is 2.09. The summed E-state index contributed by atoms with van der Waals surface area (Å²) in [5.41, 5.74) is 1.22. The van der Waals surface area contributed by atoms with Crippen molar-refractivity contribution in [3.8, 4) is 0 Å². The fourth-order valence-electron chi connectivity index (χ4n) is 1.50. The molecule has 16 heavy (non-hydrogen) atoms. The third-order valence-electron chi connectivity index (χ3n) is 2.34. The molecule has 1 heterocycles. The number of rotatable bonds is 5. The van der Waals surface area contributed by atoms with E-state index in [9.17, 15) is 0 Å². The molecule has 84 valence electrons. The van der Waals surface area contributed by atoms with E-state index in [1.807, 2.05) is 29.8 Å². The van der Waals surface area contributed by atoms with Crippen molar-refractivity contribution in [3.05, 3.63) is 52.5 Å². The maximum atomic E-state index is 5.96. The minimum Gasteiger partial charge on any atom is -0.302 e. The molecule has 0 aliphatic heterocycles. The number of alkyl halides is 1. The summed E-state index contributed by atoms with van der Waals surface area (Å²) in [6.45, 7) is 0.768. The lowest BCUT2D eigenvalue weighted by atomic mass is 10.1. The van der Waals surface area contributed by atoms with E-state index < -0.39 is 0 Å². The molecule has 2 aromatic rings.